The number of amides is 2. The van der Waals surface area contributed by atoms with Gasteiger partial charge in [-0.3, -0.25) is 13.9 Å². The highest BCUT2D eigenvalue weighted by Gasteiger charge is 2.33. The summed E-state index contributed by atoms with van der Waals surface area (Å²) in [6, 6.07) is 21.4. The van der Waals surface area contributed by atoms with Crippen LogP contribution >= 0.6 is 15.9 Å². The van der Waals surface area contributed by atoms with Crippen molar-refractivity contribution in [1.29, 1.82) is 0 Å². The Bertz CT molecular complexity index is 1380. The number of sulfonamides is 1. The van der Waals surface area contributed by atoms with E-state index in [0.717, 1.165) is 37.3 Å². The molecule has 3 aromatic rings. The molecule has 0 radical (unpaired) electrons. The van der Waals surface area contributed by atoms with Crippen LogP contribution in [0, 0.1) is 13.8 Å². The van der Waals surface area contributed by atoms with Crippen molar-refractivity contribution in [1.82, 2.24) is 10.2 Å². The second kappa shape index (κ2) is 13.1. The van der Waals surface area contributed by atoms with E-state index >= 15 is 0 Å². The number of hydrogen-bond acceptors (Lipinski definition) is 4. The van der Waals surface area contributed by atoms with Gasteiger partial charge in [-0.2, -0.15) is 0 Å². The fourth-order valence-electron chi connectivity index (χ4n) is 4.17. The maximum absolute atomic E-state index is 14.0. The highest BCUT2D eigenvalue weighted by molar-refractivity contribution is 9.10. The molecule has 0 spiro atoms. The molecule has 0 heterocycles. The van der Waals surface area contributed by atoms with Crippen LogP contribution in [0.3, 0.4) is 0 Å². The first-order valence-electron chi connectivity index (χ1n) is 12.4. The van der Waals surface area contributed by atoms with E-state index in [-0.39, 0.29) is 18.9 Å². The summed E-state index contributed by atoms with van der Waals surface area (Å²) in [5.74, 6) is -0.766. The number of anilines is 1. The number of hydrogen-bond donors (Lipinski definition) is 1. The average molecular weight is 601 g/mol. The molecule has 0 fully saturated rings. The molecule has 0 aromatic heterocycles. The first-order valence-corrected chi connectivity index (χ1v) is 15.0. The van der Waals surface area contributed by atoms with Crippen molar-refractivity contribution < 1.29 is 18.0 Å². The first kappa shape index (κ1) is 29.4. The third kappa shape index (κ3) is 7.91. The average Bonchev–Trinajstić information content (AvgIpc) is 2.86. The predicted molar refractivity (Wildman–Crippen MR) is 155 cm³/mol. The van der Waals surface area contributed by atoms with Crippen LogP contribution in [0.1, 0.15) is 29.2 Å². The SMILES string of the molecule is CCNC(=O)[C@@H](Cc1ccccc1)N(Cc1cccc(Br)c1)C(=O)CN(c1ccc(C)c(C)c1)S(C)(=O)=O. The topological polar surface area (TPSA) is 86.8 Å². The quantitative estimate of drug-likeness (QED) is 0.349. The molecule has 0 saturated heterocycles. The number of carbonyl (C=O) groups is 2. The van der Waals surface area contributed by atoms with Crippen LogP contribution in [0.5, 0.6) is 0 Å². The highest BCUT2D eigenvalue weighted by atomic mass is 79.9. The molecule has 2 amide bonds. The van der Waals surface area contributed by atoms with Gasteiger partial charge in [-0.05, 0) is 67.3 Å². The van der Waals surface area contributed by atoms with E-state index in [2.05, 4.69) is 21.2 Å². The van der Waals surface area contributed by atoms with Crippen molar-refractivity contribution in [3.05, 3.63) is 99.5 Å². The van der Waals surface area contributed by atoms with Gasteiger partial charge in [-0.15, -0.1) is 0 Å². The lowest BCUT2D eigenvalue weighted by atomic mass is 10.0. The Morgan fingerprint density at radius 1 is 0.921 bits per heavy atom. The van der Waals surface area contributed by atoms with Gasteiger partial charge >= 0.3 is 0 Å². The molecule has 1 atom stereocenters. The number of likely N-dealkylation sites (N-methyl/N-ethyl adjacent to an activating group) is 1. The van der Waals surface area contributed by atoms with Crippen LogP contribution in [0.4, 0.5) is 5.69 Å². The fourth-order valence-corrected chi connectivity index (χ4v) is 5.46. The molecule has 3 aromatic carbocycles. The first-order chi connectivity index (χ1) is 18.0. The smallest absolute Gasteiger partial charge is 0.244 e. The Morgan fingerprint density at radius 3 is 2.21 bits per heavy atom. The zero-order chi connectivity index (χ0) is 27.9. The molecule has 0 aliphatic carbocycles. The fraction of sp³-hybridized carbons (Fsp3) is 0.310. The van der Waals surface area contributed by atoms with Crippen molar-refractivity contribution in [2.75, 3.05) is 23.7 Å². The third-order valence-corrected chi connectivity index (χ3v) is 7.96. The Labute approximate surface area is 234 Å². The molecule has 0 bridgehead atoms. The van der Waals surface area contributed by atoms with Gasteiger partial charge in [0.2, 0.25) is 21.8 Å². The minimum Gasteiger partial charge on any atom is -0.355 e. The Morgan fingerprint density at radius 2 is 1.61 bits per heavy atom. The van der Waals surface area contributed by atoms with E-state index in [1.165, 1.54) is 4.90 Å². The number of rotatable bonds is 11. The number of benzene rings is 3. The van der Waals surface area contributed by atoms with Crippen LogP contribution < -0.4 is 9.62 Å². The molecule has 9 heteroatoms. The number of nitrogens with zero attached hydrogens (tertiary/aromatic N) is 2. The molecule has 7 nitrogen and oxygen atoms in total. The van der Waals surface area contributed by atoms with E-state index in [1.807, 2.05) is 81.4 Å². The molecule has 0 aliphatic rings. The van der Waals surface area contributed by atoms with Crippen LogP contribution in [-0.4, -0.2) is 50.5 Å². The molecule has 0 aliphatic heterocycles. The van der Waals surface area contributed by atoms with Gasteiger partial charge in [0.1, 0.15) is 12.6 Å². The van der Waals surface area contributed by atoms with Gasteiger partial charge < -0.3 is 10.2 Å². The minimum atomic E-state index is -3.79. The van der Waals surface area contributed by atoms with E-state index in [0.29, 0.717) is 12.2 Å². The summed E-state index contributed by atoms with van der Waals surface area (Å²) in [5, 5.41) is 2.85. The van der Waals surface area contributed by atoms with Crippen LogP contribution in [0.25, 0.3) is 0 Å². The second-order valence-electron chi connectivity index (χ2n) is 9.29. The minimum absolute atomic E-state index is 0.136. The molecular weight excluding hydrogens is 566 g/mol. The molecular formula is C29H34BrN3O4S. The largest absolute Gasteiger partial charge is 0.355 e. The summed E-state index contributed by atoms with van der Waals surface area (Å²) in [4.78, 5) is 28.8. The van der Waals surface area contributed by atoms with Gasteiger partial charge in [0, 0.05) is 24.0 Å². The predicted octanol–water partition coefficient (Wildman–Crippen LogP) is 4.61. The van der Waals surface area contributed by atoms with Crippen LogP contribution in [0.15, 0.2) is 77.3 Å². The summed E-state index contributed by atoms with van der Waals surface area (Å²) >= 11 is 3.47. The lowest BCUT2D eigenvalue weighted by Crippen LogP contribution is -2.53. The zero-order valence-electron chi connectivity index (χ0n) is 22.1. The molecule has 0 saturated carbocycles. The Kier molecular flexibility index (Phi) is 10.1. The van der Waals surface area contributed by atoms with Gasteiger partial charge in [0.25, 0.3) is 0 Å². The molecule has 1 N–H and O–H groups in total. The number of carbonyl (C=O) groups excluding carboxylic acids is 2. The normalized spacial score (nSPS) is 12.0. The second-order valence-corrected chi connectivity index (χ2v) is 12.1. The number of aryl methyl sites for hydroxylation is 2. The van der Waals surface area contributed by atoms with Crippen LogP contribution in [0.2, 0.25) is 0 Å². The van der Waals surface area contributed by atoms with Gasteiger partial charge in [-0.25, -0.2) is 8.42 Å². The summed E-state index contributed by atoms with van der Waals surface area (Å²) in [5.41, 5.74) is 4.05. The lowest BCUT2D eigenvalue weighted by molar-refractivity contribution is -0.140. The van der Waals surface area contributed by atoms with Gasteiger partial charge in [0.05, 0.1) is 11.9 Å². The maximum atomic E-state index is 14.0. The van der Waals surface area contributed by atoms with Gasteiger partial charge in [-0.1, -0.05) is 64.5 Å². The molecule has 0 unspecified atom stereocenters. The van der Waals surface area contributed by atoms with Crippen molar-refractivity contribution in [3.8, 4) is 0 Å². The molecule has 38 heavy (non-hydrogen) atoms. The summed E-state index contributed by atoms with van der Waals surface area (Å²) in [6.45, 7) is 5.77. The number of halogens is 1. The summed E-state index contributed by atoms with van der Waals surface area (Å²) in [7, 11) is -3.79. The monoisotopic (exact) mass is 599 g/mol. The number of nitrogens with one attached hydrogen (secondary N) is 1. The van der Waals surface area contributed by atoms with Crippen LogP contribution in [-0.2, 0) is 32.6 Å². The van der Waals surface area contributed by atoms with E-state index in [1.54, 1.807) is 12.1 Å². The van der Waals surface area contributed by atoms with E-state index in [4.69, 9.17) is 0 Å². The summed E-state index contributed by atoms with van der Waals surface area (Å²) < 4.78 is 27.7. The lowest BCUT2D eigenvalue weighted by Gasteiger charge is -2.33. The summed E-state index contributed by atoms with van der Waals surface area (Å²) in [6.07, 6.45) is 1.37. The zero-order valence-corrected chi connectivity index (χ0v) is 24.6. The Hall–Kier alpha value is -3.17. The van der Waals surface area contributed by atoms with Crippen molar-refractivity contribution in [2.45, 2.75) is 39.8 Å². The van der Waals surface area contributed by atoms with Gasteiger partial charge in [0.15, 0.2) is 0 Å². The van der Waals surface area contributed by atoms with Crippen molar-refractivity contribution >= 4 is 43.5 Å². The highest BCUT2D eigenvalue weighted by Crippen LogP contribution is 2.23. The van der Waals surface area contributed by atoms with Crippen molar-refractivity contribution in [2.24, 2.45) is 0 Å². The molecule has 3 rings (SSSR count). The van der Waals surface area contributed by atoms with Crippen molar-refractivity contribution in [3.63, 3.8) is 0 Å². The molecule has 202 valence electrons. The van der Waals surface area contributed by atoms with E-state index < -0.39 is 28.5 Å². The maximum Gasteiger partial charge on any atom is 0.244 e. The Balaban J connectivity index is 2.05. The van der Waals surface area contributed by atoms with E-state index in [9.17, 15) is 18.0 Å². The third-order valence-electron chi connectivity index (χ3n) is 6.32. The standard InChI is InChI=1S/C29H34BrN3O4S/c1-5-31-29(35)27(18-23-10-7-6-8-11-23)32(19-24-12-9-13-25(30)17-24)28(34)20-33(38(4,36)37)26-15-14-21(2)22(3)16-26/h6-17,27H,5,18-20H2,1-4H3,(H,31,35)/t27-/m1/s1.